The fourth-order valence-corrected chi connectivity index (χ4v) is 2.15. The fraction of sp³-hybridized carbons (Fsp3) is 0.438. The highest BCUT2D eigenvalue weighted by atomic mass is 16.5. The molecule has 1 atom stereocenters. The van der Waals surface area contributed by atoms with Gasteiger partial charge < -0.3 is 10.5 Å². The van der Waals surface area contributed by atoms with Crippen LogP contribution in [0.2, 0.25) is 0 Å². The summed E-state index contributed by atoms with van der Waals surface area (Å²) in [6.07, 6.45) is 4.50. The molecule has 0 spiro atoms. The molecule has 0 bridgehead atoms. The summed E-state index contributed by atoms with van der Waals surface area (Å²) in [5, 5.41) is 4.15. The topological polar surface area (TPSA) is 53.1 Å². The highest BCUT2D eigenvalue weighted by molar-refractivity contribution is 5.34. The number of para-hydroxylation sites is 1. The number of aryl methyl sites for hydroxylation is 1. The predicted octanol–water partition coefficient (Wildman–Crippen LogP) is 2.32. The Balaban J connectivity index is 1.93. The molecule has 0 aliphatic rings. The van der Waals surface area contributed by atoms with Gasteiger partial charge in [-0.2, -0.15) is 5.10 Å². The van der Waals surface area contributed by atoms with E-state index in [0.717, 1.165) is 25.0 Å². The maximum atomic E-state index is 6.03. The minimum Gasteiger partial charge on any atom is -0.493 e. The molecule has 0 amide bonds. The van der Waals surface area contributed by atoms with E-state index < -0.39 is 0 Å². The van der Waals surface area contributed by atoms with Crippen LogP contribution in [0.4, 0.5) is 0 Å². The molecule has 0 fully saturated rings. The second-order valence-electron chi connectivity index (χ2n) is 5.02. The van der Waals surface area contributed by atoms with Crippen molar-refractivity contribution in [1.29, 1.82) is 0 Å². The Kier molecular flexibility index (Phi) is 5.18. The van der Waals surface area contributed by atoms with Crippen LogP contribution in [0.3, 0.4) is 0 Å². The van der Waals surface area contributed by atoms with E-state index in [2.05, 4.69) is 18.1 Å². The van der Waals surface area contributed by atoms with Crippen LogP contribution in [0, 0.1) is 0 Å². The van der Waals surface area contributed by atoms with Gasteiger partial charge in [-0.15, -0.1) is 0 Å². The van der Waals surface area contributed by atoms with Crippen molar-refractivity contribution in [2.75, 3.05) is 6.61 Å². The standard InChI is InChI=1S/C16H23N3O/c1-3-14(17)12-13-6-4-5-7-16(13)20-11-9-15-8-10-18-19(15)2/h4-8,10,14H,3,9,11-12,17H2,1-2H3. The molecule has 0 saturated heterocycles. The van der Waals surface area contributed by atoms with E-state index in [1.54, 1.807) is 0 Å². The third-order valence-electron chi connectivity index (χ3n) is 3.52. The Morgan fingerprint density at radius 2 is 2.10 bits per heavy atom. The smallest absolute Gasteiger partial charge is 0.122 e. The molecule has 20 heavy (non-hydrogen) atoms. The largest absolute Gasteiger partial charge is 0.493 e. The molecule has 1 heterocycles. The van der Waals surface area contributed by atoms with Gasteiger partial charge in [-0.3, -0.25) is 4.68 Å². The van der Waals surface area contributed by atoms with Crippen LogP contribution in [0.15, 0.2) is 36.5 Å². The van der Waals surface area contributed by atoms with Crippen molar-refractivity contribution in [3.63, 3.8) is 0 Å². The minimum absolute atomic E-state index is 0.192. The maximum Gasteiger partial charge on any atom is 0.122 e. The number of nitrogens with zero attached hydrogens (tertiary/aromatic N) is 2. The lowest BCUT2D eigenvalue weighted by atomic mass is 10.0. The van der Waals surface area contributed by atoms with Crippen molar-refractivity contribution in [3.05, 3.63) is 47.8 Å². The van der Waals surface area contributed by atoms with E-state index in [9.17, 15) is 0 Å². The van der Waals surface area contributed by atoms with E-state index >= 15 is 0 Å². The van der Waals surface area contributed by atoms with Crippen molar-refractivity contribution in [2.24, 2.45) is 12.8 Å². The fourth-order valence-electron chi connectivity index (χ4n) is 2.15. The van der Waals surface area contributed by atoms with Crippen LogP contribution < -0.4 is 10.5 Å². The molecule has 4 heteroatoms. The third kappa shape index (κ3) is 3.84. The lowest BCUT2D eigenvalue weighted by molar-refractivity contribution is 0.314. The first-order chi connectivity index (χ1) is 9.70. The lowest BCUT2D eigenvalue weighted by Gasteiger charge is -2.14. The van der Waals surface area contributed by atoms with Gasteiger partial charge in [0, 0.05) is 31.4 Å². The average molecular weight is 273 g/mol. The van der Waals surface area contributed by atoms with Gasteiger partial charge in [-0.1, -0.05) is 25.1 Å². The zero-order valence-electron chi connectivity index (χ0n) is 12.2. The Morgan fingerprint density at radius 3 is 2.80 bits per heavy atom. The molecular weight excluding hydrogens is 250 g/mol. The first-order valence-electron chi connectivity index (χ1n) is 7.14. The summed E-state index contributed by atoms with van der Waals surface area (Å²) in [4.78, 5) is 0. The van der Waals surface area contributed by atoms with E-state index in [1.807, 2.05) is 42.2 Å². The van der Waals surface area contributed by atoms with Crippen molar-refractivity contribution in [2.45, 2.75) is 32.2 Å². The highest BCUT2D eigenvalue weighted by Crippen LogP contribution is 2.20. The van der Waals surface area contributed by atoms with Gasteiger partial charge in [0.05, 0.1) is 6.61 Å². The molecule has 108 valence electrons. The van der Waals surface area contributed by atoms with Gasteiger partial charge in [0.1, 0.15) is 5.75 Å². The zero-order valence-corrected chi connectivity index (χ0v) is 12.2. The summed E-state index contributed by atoms with van der Waals surface area (Å²) in [6, 6.07) is 10.3. The second-order valence-corrected chi connectivity index (χ2v) is 5.02. The van der Waals surface area contributed by atoms with E-state index in [1.165, 1.54) is 11.3 Å². The SMILES string of the molecule is CCC(N)Cc1ccccc1OCCc1ccnn1C. The first-order valence-corrected chi connectivity index (χ1v) is 7.14. The number of aromatic nitrogens is 2. The number of rotatable bonds is 7. The Labute approximate surface area is 120 Å². The number of hydrogen-bond donors (Lipinski definition) is 1. The molecule has 2 N–H and O–H groups in total. The molecule has 1 unspecified atom stereocenters. The predicted molar refractivity (Wildman–Crippen MR) is 80.8 cm³/mol. The molecule has 1 aromatic heterocycles. The summed E-state index contributed by atoms with van der Waals surface area (Å²) >= 11 is 0. The van der Waals surface area contributed by atoms with Gasteiger partial charge in [0.2, 0.25) is 0 Å². The second kappa shape index (κ2) is 7.10. The van der Waals surface area contributed by atoms with Crippen LogP contribution in [-0.2, 0) is 19.9 Å². The van der Waals surface area contributed by atoms with Gasteiger partial charge in [0.15, 0.2) is 0 Å². The summed E-state index contributed by atoms with van der Waals surface area (Å²) in [5.74, 6) is 0.943. The highest BCUT2D eigenvalue weighted by Gasteiger charge is 2.07. The number of benzene rings is 1. The van der Waals surface area contributed by atoms with E-state index in [0.29, 0.717) is 6.61 Å². The number of ether oxygens (including phenoxy) is 1. The van der Waals surface area contributed by atoms with Crippen molar-refractivity contribution in [1.82, 2.24) is 9.78 Å². The molecular formula is C16H23N3O. The van der Waals surface area contributed by atoms with Crippen LogP contribution in [0.25, 0.3) is 0 Å². The summed E-state index contributed by atoms with van der Waals surface area (Å²) in [7, 11) is 1.95. The molecule has 2 aromatic rings. The van der Waals surface area contributed by atoms with Crippen molar-refractivity contribution < 1.29 is 4.74 Å². The molecule has 4 nitrogen and oxygen atoms in total. The third-order valence-corrected chi connectivity index (χ3v) is 3.52. The van der Waals surface area contributed by atoms with Crippen LogP contribution in [-0.4, -0.2) is 22.4 Å². The van der Waals surface area contributed by atoms with Crippen LogP contribution in [0.1, 0.15) is 24.6 Å². The van der Waals surface area contributed by atoms with Gasteiger partial charge in [0.25, 0.3) is 0 Å². The van der Waals surface area contributed by atoms with Crippen LogP contribution in [0.5, 0.6) is 5.75 Å². The van der Waals surface area contributed by atoms with Crippen molar-refractivity contribution >= 4 is 0 Å². The normalized spacial score (nSPS) is 12.3. The van der Waals surface area contributed by atoms with E-state index in [-0.39, 0.29) is 6.04 Å². The minimum atomic E-state index is 0.192. The van der Waals surface area contributed by atoms with Crippen LogP contribution >= 0.6 is 0 Å². The van der Waals surface area contributed by atoms with Gasteiger partial charge in [-0.25, -0.2) is 0 Å². The Bertz CT molecular complexity index is 536. The Morgan fingerprint density at radius 1 is 1.30 bits per heavy atom. The summed E-state index contributed by atoms with van der Waals surface area (Å²) < 4.78 is 7.79. The van der Waals surface area contributed by atoms with Crippen molar-refractivity contribution in [3.8, 4) is 5.75 Å². The zero-order chi connectivity index (χ0) is 14.4. The quantitative estimate of drug-likeness (QED) is 0.842. The molecule has 1 aromatic carbocycles. The molecule has 0 aliphatic carbocycles. The summed E-state index contributed by atoms with van der Waals surface area (Å²) in [5.41, 5.74) is 8.39. The number of nitrogens with two attached hydrogens (primary N) is 1. The van der Waals surface area contributed by atoms with Gasteiger partial charge >= 0.3 is 0 Å². The molecule has 0 aliphatic heterocycles. The van der Waals surface area contributed by atoms with E-state index in [4.69, 9.17) is 10.5 Å². The first kappa shape index (κ1) is 14.6. The number of hydrogen-bond acceptors (Lipinski definition) is 3. The molecule has 0 saturated carbocycles. The molecule has 0 radical (unpaired) electrons. The average Bonchev–Trinajstić information content (AvgIpc) is 2.86. The molecule has 2 rings (SSSR count). The monoisotopic (exact) mass is 273 g/mol. The summed E-state index contributed by atoms with van der Waals surface area (Å²) in [6.45, 7) is 2.76. The van der Waals surface area contributed by atoms with Gasteiger partial charge in [-0.05, 0) is 30.5 Å². The Hall–Kier alpha value is -1.81. The maximum absolute atomic E-state index is 6.03. The lowest BCUT2D eigenvalue weighted by Crippen LogP contribution is -2.21.